The minimum absolute atomic E-state index is 0.0386. The zero-order valence-corrected chi connectivity index (χ0v) is 12.6. The zero-order valence-electron chi connectivity index (χ0n) is 12.6. The highest BCUT2D eigenvalue weighted by Crippen LogP contribution is 2.34. The standard InChI is InChI=1S/C14H32N2/c1-9-10-13(5,6)16(15)14(7,8)11-12(2,3)4/h9-11,15H2,1-8H3. The van der Waals surface area contributed by atoms with E-state index in [0.717, 1.165) is 12.8 Å². The summed E-state index contributed by atoms with van der Waals surface area (Å²) in [4.78, 5) is 0. The first kappa shape index (κ1) is 15.9. The fraction of sp³-hybridized carbons (Fsp3) is 1.00. The monoisotopic (exact) mass is 228 g/mol. The van der Waals surface area contributed by atoms with Crippen molar-refractivity contribution in [1.29, 1.82) is 0 Å². The molecule has 0 radical (unpaired) electrons. The van der Waals surface area contributed by atoms with Gasteiger partial charge in [-0.2, -0.15) is 0 Å². The molecule has 0 fully saturated rings. The third-order valence-electron chi connectivity index (χ3n) is 3.13. The summed E-state index contributed by atoms with van der Waals surface area (Å²) in [6, 6.07) is 0. The maximum absolute atomic E-state index is 6.36. The Morgan fingerprint density at radius 3 is 1.62 bits per heavy atom. The predicted molar refractivity (Wildman–Crippen MR) is 73.2 cm³/mol. The number of hydrogen-bond acceptors (Lipinski definition) is 2. The van der Waals surface area contributed by atoms with Crippen LogP contribution < -0.4 is 5.84 Å². The van der Waals surface area contributed by atoms with Gasteiger partial charge in [-0.15, -0.1) is 0 Å². The molecule has 2 heteroatoms. The minimum Gasteiger partial charge on any atom is -0.268 e. The molecule has 0 aromatic rings. The van der Waals surface area contributed by atoms with Gasteiger partial charge in [0.25, 0.3) is 0 Å². The van der Waals surface area contributed by atoms with Crippen molar-refractivity contribution in [3.8, 4) is 0 Å². The summed E-state index contributed by atoms with van der Waals surface area (Å²) in [5.74, 6) is 6.36. The van der Waals surface area contributed by atoms with Gasteiger partial charge in [0.1, 0.15) is 0 Å². The van der Waals surface area contributed by atoms with Gasteiger partial charge in [0, 0.05) is 11.1 Å². The van der Waals surface area contributed by atoms with Crippen LogP contribution in [-0.4, -0.2) is 16.1 Å². The molecule has 0 bridgehead atoms. The Kier molecular flexibility index (Phi) is 5.03. The van der Waals surface area contributed by atoms with Crippen molar-refractivity contribution < 1.29 is 0 Å². The summed E-state index contributed by atoms with van der Waals surface area (Å²) >= 11 is 0. The molecule has 0 aromatic carbocycles. The molecule has 0 aliphatic rings. The second kappa shape index (κ2) is 5.05. The first-order valence-corrected chi connectivity index (χ1v) is 6.47. The summed E-state index contributed by atoms with van der Waals surface area (Å²) in [5.41, 5.74) is 0.420. The van der Waals surface area contributed by atoms with E-state index in [1.54, 1.807) is 0 Å². The van der Waals surface area contributed by atoms with E-state index in [2.05, 4.69) is 60.4 Å². The number of nitrogens with two attached hydrogens (primary N) is 1. The fourth-order valence-electron chi connectivity index (χ4n) is 2.93. The van der Waals surface area contributed by atoms with E-state index in [1.807, 2.05) is 0 Å². The molecule has 0 rings (SSSR count). The molecule has 0 amide bonds. The Hall–Kier alpha value is -0.0800. The lowest BCUT2D eigenvalue weighted by Crippen LogP contribution is -2.60. The van der Waals surface area contributed by atoms with Crippen LogP contribution in [0.2, 0.25) is 0 Å². The minimum atomic E-state index is 0.0386. The second-order valence-corrected chi connectivity index (χ2v) is 7.48. The average molecular weight is 228 g/mol. The lowest BCUT2D eigenvalue weighted by Gasteiger charge is -2.48. The first-order chi connectivity index (χ1) is 6.92. The molecule has 98 valence electrons. The highest BCUT2D eigenvalue weighted by atomic mass is 15.5. The molecule has 2 nitrogen and oxygen atoms in total. The van der Waals surface area contributed by atoms with Crippen LogP contribution in [0.4, 0.5) is 0 Å². The Morgan fingerprint density at radius 2 is 1.31 bits per heavy atom. The van der Waals surface area contributed by atoms with E-state index < -0.39 is 0 Å². The van der Waals surface area contributed by atoms with E-state index >= 15 is 0 Å². The topological polar surface area (TPSA) is 29.3 Å². The molecule has 16 heavy (non-hydrogen) atoms. The van der Waals surface area contributed by atoms with Gasteiger partial charge in [-0.1, -0.05) is 34.1 Å². The van der Waals surface area contributed by atoms with Crippen LogP contribution in [0.1, 0.15) is 74.7 Å². The molecule has 0 atom stereocenters. The van der Waals surface area contributed by atoms with Gasteiger partial charge in [0.2, 0.25) is 0 Å². The van der Waals surface area contributed by atoms with E-state index in [0.29, 0.717) is 5.41 Å². The zero-order chi connectivity index (χ0) is 13.2. The van der Waals surface area contributed by atoms with Crippen LogP contribution in [0.25, 0.3) is 0 Å². The number of hydrazine groups is 1. The maximum Gasteiger partial charge on any atom is 0.0306 e. The van der Waals surface area contributed by atoms with Crippen LogP contribution in [0.3, 0.4) is 0 Å². The molecule has 0 unspecified atom stereocenters. The van der Waals surface area contributed by atoms with Crippen LogP contribution in [0, 0.1) is 5.41 Å². The van der Waals surface area contributed by atoms with Crippen molar-refractivity contribution >= 4 is 0 Å². The van der Waals surface area contributed by atoms with Gasteiger partial charge >= 0.3 is 0 Å². The molecule has 0 saturated heterocycles. The quantitative estimate of drug-likeness (QED) is 0.570. The van der Waals surface area contributed by atoms with Gasteiger partial charge in [-0.25, -0.2) is 5.01 Å². The molecule has 0 heterocycles. The van der Waals surface area contributed by atoms with E-state index in [1.165, 1.54) is 6.42 Å². The number of rotatable bonds is 5. The molecule has 0 saturated carbocycles. The third-order valence-corrected chi connectivity index (χ3v) is 3.13. The largest absolute Gasteiger partial charge is 0.268 e. The third kappa shape index (κ3) is 4.84. The van der Waals surface area contributed by atoms with Crippen LogP contribution >= 0.6 is 0 Å². The average Bonchev–Trinajstić information content (AvgIpc) is 1.98. The van der Waals surface area contributed by atoms with E-state index in [-0.39, 0.29) is 11.1 Å². The van der Waals surface area contributed by atoms with Gasteiger partial charge in [0.05, 0.1) is 0 Å². The molecule has 0 aliphatic carbocycles. The molecule has 0 spiro atoms. The van der Waals surface area contributed by atoms with Crippen molar-refractivity contribution in [1.82, 2.24) is 5.01 Å². The van der Waals surface area contributed by atoms with Gasteiger partial charge in [0.15, 0.2) is 0 Å². The number of hydrogen-bond donors (Lipinski definition) is 1. The number of nitrogens with zero attached hydrogens (tertiary/aromatic N) is 1. The van der Waals surface area contributed by atoms with Gasteiger partial charge < -0.3 is 0 Å². The fourth-order valence-corrected chi connectivity index (χ4v) is 2.93. The predicted octanol–water partition coefficient (Wildman–Crippen LogP) is 3.96. The van der Waals surface area contributed by atoms with E-state index in [4.69, 9.17) is 5.84 Å². The maximum atomic E-state index is 6.36. The lowest BCUT2D eigenvalue weighted by molar-refractivity contribution is -0.0127. The lowest BCUT2D eigenvalue weighted by atomic mass is 9.79. The van der Waals surface area contributed by atoms with Gasteiger partial charge in [-0.3, -0.25) is 5.84 Å². The molecular weight excluding hydrogens is 196 g/mol. The molecule has 0 aromatic heterocycles. The van der Waals surface area contributed by atoms with Crippen molar-refractivity contribution in [2.24, 2.45) is 11.3 Å². The van der Waals surface area contributed by atoms with Gasteiger partial charge in [-0.05, 0) is 46.0 Å². The highest BCUT2D eigenvalue weighted by molar-refractivity contribution is 4.91. The second-order valence-electron chi connectivity index (χ2n) is 7.48. The summed E-state index contributed by atoms with van der Waals surface area (Å²) in [5, 5.41) is 2.06. The molecule has 0 aliphatic heterocycles. The normalized spacial score (nSPS) is 14.6. The first-order valence-electron chi connectivity index (χ1n) is 6.47. The van der Waals surface area contributed by atoms with Crippen LogP contribution in [0.15, 0.2) is 0 Å². The molecular formula is C14H32N2. The van der Waals surface area contributed by atoms with Crippen LogP contribution in [-0.2, 0) is 0 Å². The van der Waals surface area contributed by atoms with E-state index in [9.17, 15) is 0 Å². The van der Waals surface area contributed by atoms with Crippen LogP contribution in [0.5, 0.6) is 0 Å². The smallest absolute Gasteiger partial charge is 0.0306 e. The Balaban J connectivity index is 4.74. The van der Waals surface area contributed by atoms with Crippen molar-refractivity contribution in [2.75, 3.05) is 0 Å². The summed E-state index contributed by atoms with van der Waals surface area (Å²) in [6.07, 6.45) is 3.41. The van der Waals surface area contributed by atoms with Crippen molar-refractivity contribution in [3.63, 3.8) is 0 Å². The van der Waals surface area contributed by atoms with Crippen molar-refractivity contribution in [3.05, 3.63) is 0 Å². The summed E-state index contributed by atoms with van der Waals surface area (Å²) in [6.45, 7) is 18.0. The Bertz CT molecular complexity index is 211. The summed E-state index contributed by atoms with van der Waals surface area (Å²) in [7, 11) is 0. The summed E-state index contributed by atoms with van der Waals surface area (Å²) < 4.78 is 0. The SMILES string of the molecule is CCCC(C)(C)N(N)C(C)(C)CC(C)(C)C. The Morgan fingerprint density at radius 1 is 0.875 bits per heavy atom. The Labute approximate surface area is 103 Å². The highest BCUT2D eigenvalue weighted by Gasteiger charge is 2.37. The molecule has 2 N–H and O–H groups in total. The van der Waals surface area contributed by atoms with Crippen molar-refractivity contribution in [2.45, 2.75) is 85.7 Å².